The monoisotopic (exact) mass is 286 g/mol. The molecular formula is C19H30N2. The molecule has 2 aliphatic rings. The van der Waals surface area contributed by atoms with Gasteiger partial charge in [-0.15, -0.1) is 0 Å². The molecule has 1 aliphatic heterocycles. The van der Waals surface area contributed by atoms with Crippen LogP contribution in [0.5, 0.6) is 0 Å². The van der Waals surface area contributed by atoms with Crippen molar-refractivity contribution in [1.29, 1.82) is 0 Å². The third kappa shape index (κ3) is 3.49. The van der Waals surface area contributed by atoms with E-state index < -0.39 is 0 Å². The summed E-state index contributed by atoms with van der Waals surface area (Å²) < 4.78 is 0. The average Bonchev–Trinajstić information content (AvgIpc) is 2.79. The van der Waals surface area contributed by atoms with Crippen LogP contribution < -0.4 is 5.32 Å². The second kappa shape index (κ2) is 6.10. The fraction of sp³-hybridized carbons (Fsp3) is 0.684. The lowest BCUT2D eigenvalue weighted by Gasteiger charge is -2.35. The van der Waals surface area contributed by atoms with E-state index in [0.29, 0.717) is 11.6 Å². The molecule has 1 heterocycles. The Morgan fingerprint density at radius 1 is 1.14 bits per heavy atom. The molecule has 1 aliphatic carbocycles. The van der Waals surface area contributed by atoms with Crippen LogP contribution in [0.3, 0.4) is 0 Å². The summed E-state index contributed by atoms with van der Waals surface area (Å²) in [6.07, 6.45) is 6.80. The van der Waals surface area contributed by atoms with E-state index in [9.17, 15) is 0 Å². The molecule has 0 amide bonds. The molecule has 2 heteroatoms. The van der Waals surface area contributed by atoms with E-state index in [-0.39, 0.29) is 0 Å². The minimum absolute atomic E-state index is 0.406. The molecule has 1 N–H and O–H groups in total. The number of nitrogens with one attached hydrogen (secondary N) is 1. The molecule has 2 nitrogen and oxygen atoms in total. The van der Waals surface area contributed by atoms with Crippen LogP contribution in [0.4, 0.5) is 0 Å². The van der Waals surface area contributed by atoms with Crippen molar-refractivity contribution in [2.75, 3.05) is 13.1 Å². The van der Waals surface area contributed by atoms with Gasteiger partial charge >= 0.3 is 0 Å². The van der Waals surface area contributed by atoms with Gasteiger partial charge in [0.15, 0.2) is 0 Å². The molecule has 1 spiro atoms. The minimum Gasteiger partial charge on any atom is -0.310 e. The fourth-order valence-electron chi connectivity index (χ4n) is 4.32. The third-order valence-corrected chi connectivity index (χ3v) is 5.42. The molecule has 1 saturated heterocycles. The molecule has 1 aromatic rings. The van der Waals surface area contributed by atoms with Crippen molar-refractivity contribution in [3.63, 3.8) is 0 Å². The normalized spacial score (nSPS) is 26.1. The van der Waals surface area contributed by atoms with Gasteiger partial charge in [-0.25, -0.2) is 0 Å². The first-order valence-electron chi connectivity index (χ1n) is 8.63. The van der Waals surface area contributed by atoms with Crippen LogP contribution in [-0.2, 0) is 6.54 Å². The Labute approximate surface area is 129 Å². The van der Waals surface area contributed by atoms with E-state index >= 15 is 0 Å². The van der Waals surface area contributed by atoms with Gasteiger partial charge in [0, 0.05) is 24.7 Å². The van der Waals surface area contributed by atoms with E-state index in [0.717, 1.165) is 6.54 Å². The van der Waals surface area contributed by atoms with Gasteiger partial charge in [-0.05, 0) is 52.1 Å². The number of hydrogen-bond acceptors (Lipinski definition) is 2. The standard InChI is InChI=1S/C19H30N2/c1-15-10-16(2)12-18(11-15)13-21-14-19(7-4-5-8-19)20-9-6-17(21)3/h10-12,17,20H,4-9,13-14H2,1-3H3. The van der Waals surface area contributed by atoms with Crippen molar-refractivity contribution in [3.8, 4) is 0 Å². The largest absolute Gasteiger partial charge is 0.310 e. The molecular weight excluding hydrogens is 256 g/mol. The fourth-order valence-corrected chi connectivity index (χ4v) is 4.32. The third-order valence-electron chi connectivity index (χ3n) is 5.42. The first-order chi connectivity index (χ1) is 10.1. The molecule has 21 heavy (non-hydrogen) atoms. The highest BCUT2D eigenvalue weighted by atomic mass is 15.2. The molecule has 116 valence electrons. The van der Waals surface area contributed by atoms with Crippen molar-refractivity contribution in [3.05, 3.63) is 34.9 Å². The maximum atomic E-state index is 3.88. The van der Waals surface area contributed by atoms with Crippen LogP contribution >= 0.6 is 0 Å². The lowest BCUT2D eigenvalue weighted by molar-refractivity contribution is 0.160. The molecule has 0 aromatic heterocycles. The lowest BCUT2D eigenvalue weighted by Crippen LogP contribution is -2.49. The Morgan fingerprint density at radius 3 is 2.48 bits per heavy atom. The predicted octanol–water partition coefficient (Wildman–Crippen LogP) is 3.80. The van der Waals surface area contributed by atoms with Crippen molar-refractivity contribution in [1.82, 2.24) is 10.2 Å². The van der Waals surface area contributed by atoms with Gasteiger partial charge < -0.3 is 5.32 Å². The topological polar surface area (TPSA) is 15.3 Å². The highest BCUT2D eigenvalue weighted by molar-refractivity contribution is 5.28. The van der Waals surface area contributed by atoms with Crippen molar-refractivity contribution < 1.29 is 0 Å². The van der Waals surface area contributed by atoms with E-state index in [1.54, 1.807) is 0 Å². The zero-order chi connectivity index (χ0) is 14.9. The Bertz CT molecular complexity index is 468. The van der Waals surface area contributed by atoms with Gasteiger partial charge in [-0.3, -0.25) is 4.90 Å². The zero-order valence-corrected chi connectivity index (χ0v) is 13.9. The summed E-state index contributed by atoms with van der Waals surface area (Å²) >= 11 is 0. The van der Waals surface area contributed by atoms with Crippen LogP contribution in [0.1, 0.15) is 55.7 Å². The molecule has 2 fully saturated rings. The second-order valence-corrected chi connectivity index (χ2v) is 7.45. The molecule has 1 unspecified atom stereocenters. The van der Waals surface area contributed by atoms with Crippen molar-refractivity contribution in [2.24, 2.45) is 0 Å². The van der Waals surface area contributed by atoms with E-state index in [4.69, 9.17) is 0 Å². The van der Waals surface area contributed by atoms with Gasteiger partial charge in [0.25, 0.3) is 0 Å². The van der Waals surface area contributed by atoms with Crippen LogP contribution in [-0.4, -0.2) is 29.6 Å². The van der Waals surface area contributed by atoms with E-state index in [2.05, 4.69) is 49.2 Å². The Balaban J connectivity index is 1.77. The first-order valence-corrected chi connectivity index (χ1v) is 8.63. The summed E-state index contributed by atoms with van der Waals surface area (Å²) in [6, 6.07) is 7.67. The number of nitrogens with zero attached hydrogens (tertiary/aromatic N) is 1. The quantitative estimate of drug-likeness (QED) is 0.889. The van der Waals surface area contributed by atoms with Gasteiger partial charge in [0.1, 0.15) is 0 Å². The Hall–Kier alpha value is -0.860. The minimum atomic E-state index is 0.406. The SMILES string of the molecule is Cc1cc(C)cc(CN2CC3(CCCC3)NCCC2C)c1. The molecule has 1 aromatic carbocycles. The Morgan fingerprint density at radius 2 is 1.81 bits per heavy atom. The molecule has 1 atom stereocenters. The first kappa shape index (κ1) is 15.1. The summed E-state index contributed by atoms with van der Waals surface area (Å²) in [6.45, 7) is 10.3. The van der Waals surface area contributed by atoms with Crippen molar-refractivity contribution >= 4 is 0 Å². The summed E-state index contributed by atoms with van der Waals surface area (Å²) in [4.78, 5) is 2.72. The average molecular weight is 286 g/mol. The Kier molecular flexibility index (Phi) is 4.37. The van der Waals surface area contributed by atoms with E-state index in [1.165, 1.54) is 61.9 Å². The van der Waals surface area contributed by atoms with Gasteiger partial charge in [0.2, 0.25) is 0 Å². The zero-order valence-electron chi connectivity index (χ0n) is 13.9. The van der Waals surface area contributed by atoms with Crippen LogP contribution in [0.2, 0.25) is 0 Å². The number of aryl methyl sites for hydroxylation is 2. The van der Waals surface area contributed by atoms with Gasteiger partial charge in [0.05, 0.1) is 0 Å². The van der Waals surface area contributed by atoms with E-state index in [1.807, 2.05) is 0 Å². The summed E-state index contributed by atoms with van der Waals surface area (Å²) in [7, 11) is 0. The molecule has 0 radical (unpaired) electrons. The highest BCUT2D eigenvalue weighted by Gasteiger charge is 2.37. The lowest BCUT2D eigenvalue weighted by atomic mass is 9.96. The number of benzene rings is 1. The molecule has 1 saturated carbocycles. The van der Waals surface area contributed by atoms with Gasteiger partial charge in [-0.1, -0.05) is 42.2 Å². The molecule has 0 bridgehead atoms. The maximum Gasteiger partial charge on any atom is 0.0309 e. The predicted molar refractivity (Wildman–Crippen MR) is 89.6 cm³/mol. The maximum absolute atomic E-state index is 3.88. The summed E-state index contributed by atoms with van der Waals surface area (Å²) in [5.74, 6) is 0. The summed E-state index contributed by atoms with van der Waals surface area (Å²) in [5, 5.41) is 3.88. The van der Waals surface area contributed by atoms with Crippen LogP contribution in [0.15, 0.2) is 18.2 Å². The summed E-state index contributed by atoms with van der Waals surface area (Å²) in [5.41, 5.74) is 4.67. The van der Waals surface area contributed by atoms with Gasteiger partial charge in [-0.2, -0.15) is 0 Å². The van der Waals surface area contributed by atoms with Crippen LogP contribution in [0, 0.1) is 13.8 Å². The number of hydrogen-bond donors (Lipinski definition) is 1. The number of rotatable bonds is 2. The van der Waals surface area contributed by atoms with Crippen LogP contribution in [0.25, 0.3) is 0 Å². The van der Waals surface area contributed by atoms with Crippen molar-refractivity contribution in [2.45, 2.75) is 71.0 Å². The molecule has 3 rings (SSSR count). The highest BCUT2D eigenvalue weighted by Crippen LogP contribution is 2.33. The second-order valence-electron chi connectivity index (χ2n) is 7.45. The smallest absolute Gasteiger partial charge is 0.0309 e.